The van der Waals surface area contributed by atoms with Crippen molar-refractivity contribution in [3.05, 3.63) is 94.3 Å². The Morgan fingerprint density at radius 3 is 1.98 bits per heavy atom. The number of hydrogen-bond acceptors (Lipinski definition) is 6. The summed E-state index contributed by atoms with van der Waals surface area (Å²) in [6, 6.07) is 16.4. The SMILES string of the molecule is COc1ccc(C)cc1C1(c2cc(C)ccc2OC)OC(=O)N(C(=O)C[C@H](CCO)c2ccc(F)cc2)[C@H]1C(C)C. The van der Waals surface area contributed by atoms with Crippen molar-refractivity contribution < 1.29 is 33.3 Å². The Balaban J connectivity index is 1.91. The van der Waals surface area contributed by atoms with Gasteiger partial charge in [-0.25, -0.2) is 14.1 Å². The highest BCUT2D eigenvalue weighted by Gasteiger charge is 2.61. The molecule has 7 nitrogen and oxygen atoms in total. The number of aryl methyl sites for hydroxylation is 2. The van der Waals surface area contributed by atoms with Crippen LogP contribution in [0.5, 0.6) is 11.5 Å². The molecule has 8 heteroatoms. The van der Waals surface area contributed by atoms with E-state index in [0.29, 0.717) is 28.2 Å². The number of amides is 2. The van der Waals surface area contributed by atoms with E-state index in [1.54, 1.807) is 26.4 Å². The van der Waals surface area contributed by atoms with Gasteiger partial charge >= 0.3 is 6.09 Å². The predicted molar refractivity (Wildman–Crippen MR) is 154 cm³/mol. The van der Waals surface area contributed by atoms with Gasteiger partial charge in [0.15, 0.2) is 5.60 Å². The van der Waals surface area contributed by atoms with Gasteiger partial charge in [0.2, 0.25) is 5.91 Å². The van der Waals surface area contributed by atoms with Crippen molar-refractivity contribution in [2.75, 3.05) is 20.8 Å². The molecule has 0 aliphatic carbocycles. The Labute approximate surface area is 240 Å². The van der Waals surface area contributed by atoms with Crippen LogP contribution < -0.4 is 9.47 Å². The second kappa shape index (κ2) is 12.3. The second-order valence-electron chi connectivity index (χ2n) is 10.9. The van der Waals surface area contributed by atoms with Gasteiger partial charge in [-0.2, -0.15) is 0 Å². The van der Waals surface area contributed by atoms with Crippen LogP contribution in [0.4, 0.5) is 9.18 Å². The van der Waals surface area contributed by atoms with Crippen molar-refractivity contribution in [2.24, 2.45) is 5.92 Å². The van der Waals surface area contributed by atoms with Gasteiger partial charge in [-0.3, -0.25) is 4.79 Å². The molecule has 2 atom stereocenters. The second-order valence-corrected chi connectivity index (χ2v) is 10.9. The number of aliphatic hydroxyl groups is 1. The van der Waals surface area contributed by atoms with Gasteiger partial charge in [0.25, 0.3) is 0 Å². The quantitative estimate of drug-likeness (QED) is 0.313. The van der Waals surface area contributed by atoms with Crippen molar-refractivity contribution in [1.82, 2.24) is 4.90 Å². The maximum Gasteiger partial charge on any atom is 0.418 e. The molecule has 0 spiro atoms. The van der Waals surface area contributed by atoms with Gasteiger partial charge in [-0.15, -0.1) is 0 Å². The van der Waals surface area contributed by atoms with Gasteiger partial charge in [0.05, 0.1) is 20.3 Å². The standard InChI is InChI=1S/C33H38FNO6/c1-20(2)31-33(26-17-21(3)7-13-28(26)39-5,27-18-22(4)8-14-29(27)40-6)41-32(38)35(31)30(37)19-24(15-16-36)23-9-11-25(34)12-10-23/h7-14,17-18,20,24,31,36H,15-16,19H2,1-6H3/t24-,31-/m0/s1. The third-order valence-electron chi connectivity index (χ3n) is 7.79. The summed E-state index contributed by atoms with van der Waals surface area (Å²) in [6.07, 6.45) is -0.575. The molecule has 218 valence electrons. The number of hydrogen-bond donors (Lipinski definition) is 1. The third kappa shape index (κ3) is 5.66. The zero-order valence-electron chi connectivity index (χ0n) is 24.4. The number of benzene rings is 3. The Hall–Kier alpha value is -3.91. The van der Waals surface area contributed by atoms with Crippen molar-refractivity contribution in [3.8, 4) is 11.5 Å². The number of imide groups is 1. The first-order valence-electron chi connectivity index (χ1n) is 13.8. The van der Waals surface area contributed by atoms with E-state index in [4.69, 9.17) is 14.2 Å². The summed E-state index contributed by atoms with van der Waals surface area (Å²) >= 11 is 0. The number of aliphatic hydroxyl groups excluding tert-OH is 1. The lowest BCUT2D eigenvalue weighted by atomic mass is 9.74. The molecule has 1 saturated heterocycles. The van der Waals surface area contributed by atoms with Gasteiger partial charge in [0, 0.05) is 24.2 Å². The third-order valence-corrected chi connectivity index (χ3v) is 7.79. The number of methoxy groups -OCH3 is 2. The van der Waals surface area contributed by atoms with E-state index in [2.05, 4.69) is 0 Å². The molecule has 1 aliphatic rings. The van der Waals surface area contributed by atoms with Gasteiger partial charge in [0.1, 0.15) is 17.3 Å². The Bertz CT molecular complexity index is 1350. The summed E-state index contributed by atoms with van der Waals surface area (Å²) in [4.78, 5) is 29.2. The molecule has 3 aromatic carbocycles. The largest absolute Gasteiger partial charge is 0.496 e. The number of ether oxygens (including phenoxy) is 3. The summed E-state index contributed by atoms with van der Waals surface area (Å²) < 4.78 is 31.6. The number of rotatable bonds is 10. The highest BCUT2D eigenvalue weighted by Crippen LogP contribution is 2.53. The molecular weight excluding hydrogens is 525 g/mol. The maximum absolute atomic E-state index is 14.1. The van der Waals surface area contributed by atoms with E-state index in [9.17, 15) is 19.1 Å². The van der Waals surface area contributed by atoms with Crippen molar-refractivity contribution in [2.45, 2.75) is 58.1 Å². The fourth-order valence-corrected chi connectivity index (χ4v) is 5.95. The monoisotopic (exact) mass is 563 g/mol. The van der Waals surface area contributed by atoms with Crippen molar-refractivity contribution in [1.29, 1.82) is 0 Å². The minimum absolute atomic E-state index is 0.0729. The van der Waals surface area contributed by atoms with Crippen LogP contribution in [0.25, 0.3) is 0 Å². The fourth-order valence-electron chi connectivity index (χ4n) is 5.95. The zero-order valence-corrected chi connectivity index (χ0v) is 24.4. The normalized spacial score (nSPS) is 17.0. The first-order chi connectivity index (χ1) is 19.6. The number of nitrogens with zero attached hydrogens (tertiary/aromatic N) is 1. The first kappa shape index (κ1) is 30.1. The molecule has 0 aromatic heterocycles. The van der Waals surface area contributed by atoms with Crippen molar-refractivity contribution in [3.63, 3.8) is 0 Å². The first-order valence-corrected chi connectivity index (χ1v) is 13.8. The maximum atomic E-state index is 14.1. The van der Waals surface area contributed by atoms with Crippen LogP contribution in [-0.2, 0) is 15.1 Å². The van der Waals surface area contributed by atoms with E-state index in [-0.39, 0.29) is 25.4 Å². The summed E-state index contributed by atoms with van der Waals surface area (Å²) in [6.45, 7) is 7.60. The Kier molecular flexibility index (Phi) is 9.02. The molecule has 1 N–H and O–H groups in total. The van der Waals surface area contributed by atoms with Gasteiger partial charge in [-0.1, -0.05) is 49.2 Å². The summed E-state index contributed by atoms with van der Waals surface area (Å²) in [7, 11) is 3.11. The topological polar surface area (TPSA) is 85.3 Å². The van der Waals surface area contributed by atoms with E-state index >= 15 is 0 Å². The van der Waals surface area contributed by atoms with Crippen molar-refractivity contribution >= 4 is 12.0 Å². The minimum Gasteiger partial charge on any atom is -0.496 e. The van der Waals surface area contributed by atoms with Crippen LogP contribution in [0.2, 0.25) is 0 Å². The Morgan fingerprint density at radius 1 is 0.976 bits per heavy atom. The van der Waals surface area contributed by atoms with Crippen LogP contribution in [0, 0.1) is 25.6 Å². The molecule has 0 unspecified atom stereocenters. The average molecular weight is 564 g/mol. The highest BCUT2D eigenvalue weighted by molar-refractivity contribution is 5.95. The minimum atomic E-state index is -1.45. The lowest BCUT2D eigenvalue weighted by Crippen LogP contribution is -2.50. The van der Waals surface area contributed by atoms with Crippen LogP contribution in [0.3, 0.4) is 0 Å². The number of cyclic esters (lactones) is 1. The number of carbonyl (C=O) groups excluding carboxylic acids is 2. The lowest BCUT2D eigenvalue weighted by molar-refractivity contribution is -0.131. The lowest BCUT2D eigenvalue weighted by Gasteiger charge is -2.39. The molecular formula is C33H38FNO6. The summed E-state index contributed by atoms with van der Waals surface area (Å²) in [5.41, 5.74) is 2.32. The van der Waals surface area contributed by atoms with Gasteiger partial charge < -0.3 is 19.3 Å². The van der Waals surface area contributed by atoms with Gasteiger partial charge in [-0.05, 0) is 74.1 Å². The molecule has 2 amide bonds. The average Bonchev–Trinajstić information content (AvgIpc) is 3.27. The molecule has 0 radical (unpaired) electrons. The van der Waals surface area contributed by atoms with E-state index < -0.39 is 35.4 Å². The smallest absolute Gasteiger partial charge is 0.418 e. The van der Waals surface area contributed by atoms with Crippen LogP contribution in [0.1, 0.15) is 60.4 Å². The van der Waals surface area contributed by atoms with E-state index in [1.165, 1.54) is 17.0 Å². The molecule has 1 fully saturated rings. The fraction of sp³-hybridized carbons (Fsp3) is 0.394. The van der Waals surface area contributed by atoms with Crippen LogP contribution in [0.15, 0.2) is 60.7 Å². The Morgan fingerprint density at radius 2 is 1.51 bits per heavy atom. The molecule has 4 rings (SSSR count). The summed E-state index contributed by atoms with van der Waals surface area (Å²) in [5, 5.41) is 9.75. The molecule has 1 heterocycles. The van der Waals surface area contributed by atoms with Crippen LogP contribution >= 0.6 is 0 Å². The van der Waals surface area contributed by atoms with E-state index in [1.807, 2.05) is 64.1 Å². The molecule has 0 saturated carbocycles. The molecule has 1 aliphatic heterocycles. The zero-order chi connectivity index (χ0) is 29.9. The number of halogens is 1. The van der Waals surface area contributed by atoms with E-state index in [0.717, 1.165) is 11.1 Å². The molecule has 0 bridgehead atoms. The molecule has 3 aromatic rings. The summed E-state index contributed by atoms with van der Waals surface area (Å²) in [5.74, 6) is -0.493. The highest BCUT2D eigenvalue weighted by atomic mass is 19.1. The molecule has 41 heavy (non-hydrogen) atoms. The predicted octanol–water partition coefficient (Wildman–Crippen LogP) is 6.26. The number of carbonyl (C=O) groups is 2. The van der Waals surface area contributed by atoms with Crippen LogP contribution in [-0.4, -0.2) is 48.9 Å².